The molecule has 0 radical (unpaired) electrons. The van der Waals surface area contributed by atoms with Crippen molar-refractivity contribution in [2.45, 2.75) is 18.1 Å². The highest BCUT2D eigenvalue weighted by Gasteiger charge is 2.16. The smallest absolute Gasteiger partial charge is 0.0503 e. The highest BCUT2D eigenvalue weighted by atomic mass is 32.2. The lowest BCUT2D eigenvalue weighted by Crippen LogP contribution is -1.94. The maximum absolute atomic E-state index is 4.99. The number of rotatable bonds is 3. The molecule has 0 heterocycles. The molecule has 0 N–H and O–H groups in total. The van der Waals surface area contributed by atoms with Crippen LogP contribution in [0.2, 0.25) is 0 Å². The zero-order valence-electron chi connectivity index (χ0n) is 6.29. The Labute approximate surface area is 70.8 Å². The first-order valence-corrected chi connectivity index (χ1v) is 5.32. The Morgan fingerprint density at radius 3 is 3.00 bits per heavy atom. The van der Waals surface area contributed by atoms with Crippen molar-refractivity contribution in [2.24, 2.45) is 0 Å². The van der Waals surface area contributed by atoms with E-state index >= 15 is 0 Å². The molecule has 1 aliphatic carbocycles. The largest absolute Gasteiger partial charge is 0.318 e. The molecule has 1 aliphatic rings. The molecule has 0 aromatic carbocycles. The lowest BCUT2D eigenvalue weighted by atomic mass is 10.3. The Balaban J connectivity index is 2.22. The Bertz CT molecular complexity index is 134. The van der Waals surface area contributed by atoms with Gasteiger partial charge < -0.3 is 4.18 Å². The second-order valence-corrected chi connectivity index (χ2v) is 4.32. The van der Waals surface area contributed by atoms with E-state index in [2.05, 4.69) is 12.3 Å². The minimum absolute atomic E-state index is 0.674. The summed E-state index contributed by atoms with van der Waals surface area (Å²) in [5, 5.41) is 0.674. The fourth-order valence-corrected chi connectivity index (χ4v) is 2.46. The molecule has 0 saturated carbocycles. The second kappa shape index (κ2) is 4.31. The van der Waals surface area contributed by atoms with Gasteiger partial charge in [-0.05, 0) is 36.0 Å². The summed E-state index contributed by atoms with van der Waals surface area (Å²) >= 11 is 3.45. The van der Waals surface area contributed by atoms with Gasteiger partial charge in [-0.1, -0.05) is 6.08 Å². The van der Waals surface area contributed by atoms with Crippen molar-refractivity contribution in [2.75, 3.05) is 13.4 Å². The van der Waals surface area contributed by atoms with Gasteiger partial charge in [0.25, 0.3) is 0 Å². The lowest BCUT2D eigenvalue weighted by molar-refractivity contribution is 0.483. The van der Waals surface area contributed by atoms with Crippen molar-refractivity contribution in [1.82, 2.24) is 0 Å². The van der Waals surface area contributed by atoms with Crippen molar-refractivity contribution < 1.29 is 4.18 Å². The average Bonchev–Trinajstić information content (AvgIpc) is 2.37. The van der Waals surface area contributed by atoms with Crippen LogP contribution in [0.3, 0.4) is 0 Å². The van der Waals surface area contributed by atoms with E-state index in [1.54, 1.807) is 19.2 Å². The topological polar surface area (TPSA) is 9.23 Å². The van der Waals surface area contributed by atoms with Gasteiger partial charge >= 0.3 is 0 Å². The van der Waals surface area contributed by atoms with Gasteiger partial charge in [-0.2, -0.15) is 0 Å². The van der Waals surface area contributed by atoms with Gasteiger partial charge in [-0.3, -0.25) is 0 Å². The van der Waals surface area contributed by atoms with E-state index in [-0.39, 0.29) is 0 Å². The van der Waals surface area contributed by atoms with Gasteiger partial charge in [0.05, 0.1) is 7.11 Å². The number of thioether (sulfide) groups is 1. The molecule has 0 saturated heterocycles. The van der Waals surface area contributed by atoms with Crippen LogP contribution in [0.25, 0.3) is 0 Å². The van der Waals surface area contributed by atoms with Crippen molar-refractivity contribution >= 4 is 23.8 Å². The molecule has 0 aliphatic heterocycles. The third-order valence-electron chi connectivity index (χ3n) is 1.53. The summed E-state index contributed by atoms with van der Waals surface area (Å²) in [4.78, 5) is 1.51. The summed E-state index contributed by atoms with van der Waals surface area (Å²) in [5.74, 6) is 0. The quantitative estimate of drug-likeness (QED) is 0.612. The summed E-state index contributed by atoms with van der Waals surface area (Å²) in [7, 11) is 1.74. The van der Waals surface area contributed by atoms with Gasteiger partial charge in [-0.25, -0.2) is 0 Å². The van der Waals surface area contributed by atoms with Crippen LogP contribution < -0.4 is 0 Å². The van der Waals surface area contributed by atoms with Crippen molar-refractivity contribution in [1.29, 1.82) is 0 Å². The Hall–Kier alpha value is 0.400. The van der Waals surface area contributed by atoms with Crippen LogP contribution in [-0.2, 0) is 4.18 Å². The highest BCUT2D eigenvalue weighted by molar-refractivity contribution is 8.02. The van der Waals surface area contributed by atoms with Gasteiger partial charge in [0, 0.05) is 5.25 Å². The van der Waals surface area contributed by atoms with E-state index < -0.39 is 0 Å². The van der Waals surface area contributed by atoms with Crippen LogP contribution in [0.5, 0.6) is 0 Å². The number of allylic oxidation sites excluding steroid dienone is 2. The number of hydrogen-bond acceptors (Lipinski definition) is 3. The van der Waals surface area contributed by atoms with Gasteiger partial charge in [0.2, 0.25) is 0 Å². The highest BCUT2D eigenvalue weighted by Crippen LogP contribution is 2.33. The molecule has 0 aromatic rings. The van der Waals surface area contributed by atoms with Gasteiger partial charge in [0.15, 0.2) is 0 Å². The van der Waals surface area contributed by atoms with Crippen LogP contribution in [0.1, 0.15) is 12.8 Å². The minimum Gasteiger partial charge on any atom is -0.318 e. The van der Waals surface area contributed by atoms with Crippen molar-refractivity contribution in [3.8, 4) is 0 Å². The first kappa shape index (κ1) is 8.50. The van der Waals surface area contributed by atoms with Crippen LogP contribution in [0.4, 0.5) is 0 Å². The summed E-state index contributed by atoms with van der Waals surface area (Å²) in [6.07, 6.45) is 6.81. The second-order valence-electron chi connectivity index (χ2n) is 2.20. The molecule has 1 rings (SSSR count). The molecule has 58 valence electrons. The van der Waals surface area contributed by atoms with Crippen LogP contribution >= 0.6 is 23.8 Å². The molecule has 3 heteroatoms. The maximum Gasteiger partial charge on any atom is 0.0503 e. The normalized spacial score (nSPS) is 25.0. The van der Waals surface area contributed by atoms with E-state index in [1.165, 1.54) is 17.7 Å². The zero-order valence-corrected chi connectivity index (χ0v) is 7.93. The molecule has 1 unspecified atom stereocenters. The van der Waals surface area contributed by atoms with E-state index in [0.29, 0.717) is 5.25 Å². The molecule has 0 aromatic heterocycles. The maximum atomic E-state index is 4.99. The van der Waals surface area contributed by atoms with Gasteiger partial charge in [0.1, 0.15) is 0 Å². The molecular weight excluding hydrogens is 164 g/mol. The molecule has 0 fully saturated rings. The Morgan fingerprint density at radius 2 is 2.50 bits per heavy atom. The first-order chi connectivity index (χ1) is 4.86. The van der Waals surface area contributed by atoms with Gasteiger partial charge in [-0.15, -0.1) is 11.8 Å². The Kier molecular flexibility index (Phi) is 3.66. The monoisotopic (exact) mass is 176 g/mol. The molecule has 0 amide bonds. The molecule has 10 heavy (non-hydrogen) atoms. The van der Waals surface area contributed by atoms with E-state index in [1.807, 2.05) is 11.8 Å². The summed E-state index contributed by atoms with van der Waals surface area (Å²) in [6, 6.07) is 0. The van der Waals surface area contributed by atoms with Crippen LogP contribution in [0.15, 0.2) is 11.0 Å². The first-order valence-electron chi connectivity index (χ1n) is 3.29. The molecule has 0 bridgehead atoms. The van der Waals surface area contributed by atoms with Crippen LogP contribution in [-0.4, -0.2) is 18.6 Å². The van der Waals surface area contributed by atoms with Crippen LogP contribution in [0, 0.1) is 0 Å². The SMILES string of the molecule is COSC1CC=C(SC)C1. The molecule has 1 nitrogen and oxygen atoms in total. The number of hydrogen-bond donors (Lipinski definition) is 0. The van der Waals surface area contributed by atoms with E-state index in [0.717, 1.165) is 0 Å². The fraction of sp³-hybridized carbons (Fsp3) is 0.714. The molecule has 1 atom stereocenters. The standard InChI is InChI=1S/C7H12OS2/c1-8-10-7-4-3-6(5-7)9-2/h3,7H,4-5H2,1-2H3. The average molecular weight is 176 g/mol. The minimum atomic E-state index is 0.674. The van der Waals surface area contributed by atoms with E-state index in [4.69, 9.17) is 4.18 Å². The van der Waals surface area contributed by atoms with Crippen molar-refractivity contribution in [3.05, 3.63) is 11.0 Å². The lowest BCUT2D eigenvalue weighted by Gasteiger charge is -2.05. The summed E-state index contributed by atoms with van der Waals surface area (Å²) < 4.78 is 4.99. The zero-order chi connectivity index (χ0) is 7.40. The predicted molar refractivity (Wildman–Crippen MR) is 49.2 cm³/mol. The van der Waals surface area contributed by atoms with E-state index in [9.17, 15) is 0 Å². The third-order valence-corrected chi connectivity index (χ3v) is 3.21. The summed E-state index contributed by atoms with van der Waals surface area (Å²) in [5.41, 5.74) is 0. The molecule has 0 spiro atoms. The predicted octanol–water partition coefficient (Wildman–Crippen LogP) is 2.69. The Morgan fingerprint density at radius 1 is 1.70 bits per heavy atom. The molecular formula is C7H12OS2. The third kappa shape index (κ3) is 2.22. The summed E-state index contributed by atoms with van der Waals surface area (Å²) in [6.45, 7) is 0. The fourth-order valence-electron chi connectivity index (χ4n) is 1.03. The van der Waals surface area contributed by atoms with Crippen molar-refractivity contribution in [3.63, 3.8) is 0 Å².